The van der Waals surface area contributed by atoms with Crippen LogP contribution in [-0.4, -0.2) is 44.9 Å². The Labute approximate surface area is 214 Å². The van der Waals surface area contributed by atoms with Crippen molar-refractivity contribution in [1.29, 1.82) is 5.26 Å². The van der Waals surface area contributed by atoms with Gasteiger partial charge in [0.05, 0.1) is 53.9 Å². The van der Waals surface area contributed by atoms with Crippen molar-refractivity contribution >= 4 is 51.2 Å². The average molecular weight is 560 g/mol. The van der Waals surface area contributed by atoms with Crippen LogP contribution in [0.3, 0.4) is 0 Å². The monoisotopic (exact) mass is 559 g/mol. The zero-order chi connectivity index (χ0) is 25.5. The van der Waals surface area contributed by atoms with Gasteiger partial charge in [-0.1, -0.05) is 30.0 Å². The maximum atomic E-state index is 13.0. The van der Waals surface area contributed by atoms with Crippen molar-refractivity contribution < 1.29 is 28.6 Å². The summed E-state index contributed by atoms with van der Waals surface area (Å²) < 4.78 is 15.9. The molecular weight excluding hydrogens is 538 g/mol. The number of para-hydroxylation sites is 2. The van der Waals surface area contributed by atoms with E-state index in [4.69, 9.17) is 14.2 Å². The number of halogens is 1. The van der Waals surface area contributed by atoms with Gasteiger partial charge in [-0.05, 0) is 45.8 Å². The lowest BCUT2D eigenvalue weighted by atomic mass is 9.78. The number of amides is 2. The standard InChI is InChI=1S/C24H22BrN3O6S/c1-32-17-9-8-13(10-15(17)25)20-14(11-26)23(28-22(30)21(20)24(31)34-3)35-12-19(29)27-16-6-4-5-7-18(16)33-2/h4-10,20-21H,12H2,1-3H3,(H,27,29)(H,28,30)/t20-,21+/m1/s1. The van der Waals surface area contributed by atoms with Gasteiger partial charge in [-0.15, -0.1) is 0 Å². The molecule has 0 aliphatic carbocycles. The minimum atomic E-state index is -1.28. The van der Waals surface area contributed by atoms with Gasteiger partial charge in [0.15, 0.2) is 0 Å². The van der Waals surface area contributed by atoms with E-state index in [1.54, 1.807) is 42.5 Å². The summed E-state index contributed by atoms with van der Waals surface area (Å²) in [6, 6.07) is 14.1. The lowest BCUT2D eigenvalue weighted by Gasteiger charge is -2.31. The molecule has 1 aliphatic heterocycles. The van der Waals surface area contributed by atoms with E-state index in [0.717, 1.165) is 11.8 Å². The van der Waals surface area contributed by atoms with Crippen LogP contribution in [0, 0.1) is 17.2 Å². The van der Waals surface area contributed by atoms with Crippen LogP contribution < -0.4 is 20.1 Å². The van der Waals surface area contributed by atoms with E-state index in [9.17, 15) is 19.6 Å². The molecule has 0 bridgehead atoms. The minimum Gasteiger partial charge on any atom is -0.496 e. The molecular formula is C24H22BrN3O6S. The fourth-order valence-corrected chi connectivity index (χ4v) is 5.03. The number of carbonyl (C=O) groups is 3. The molecule has 35 heavy (non-hydrogen) atoms. The van der Waals surface area contributed by atoms with Gasteiger partial charge in [0.2, 0.25) is 11.8 Å². The van der Waals surface area contributed by atoms with Crippen LogP contribution in [-0.2, 0) is 19.1 Å². The Morgan fingerprint density at radius 1 is 1.14 bits per heavy atom. The first-order chi connectivity index (χ1) is 16.8. The lowest BCUT2D eigenvalue weighted by molar-refractivity contribution is -0.150. The van der Waals surface area contributed by atoms with Gasteiger partial charge in [-0.3, -0.25) is 14.4 Å². The van der Waals surface area contributed by atoms with E-state index in [-0.39, 0.29) is 22.3 Å². The second kappa shape index (κ2) is 11.8. The lowest BCUT2D eigenvalue weighted by Crippen LogP contribution is -2.44. The highest BCUT2D eigenvalue weighted by atomic mass is 79.9. The van der Waals surface area contributed by atoms with E-state index in [2.05, 4.69) is 32.6 Å². The van der Waals surface area contributed by atoms with E-state index < -0.39 is 23.7 Å². The summed E-state index contributed by atoms with van der Waals surface area (Å²) in [6.45, 7) is 0. The van der Waals surface area contributed by atoms with Crippen molar-refractivity contribution in [3.63, 3.8) is 0 Å². The number of allylic oxidation sites excluding steroid dienone is 1. The smallest absolute Gasteiger partial charge is 0.319 e. The fraction of sp³-hybridized carbons (Fsp3) is 0.250. The molecule has 11 heteroatoms. The van der Waals surface area contributed by atoms with Gasteiger partial charge in [-0.25, -0.2) is 0 Å². The minimum absolute atomic E-state index is 0.0965. The summed E-state index contributed by atoms with van der Waals surface area (Å²) in [5.74, 6) is -3.00. The molecule has 1 heterocycles. The molecule has 0 fully saturated rings. The molecule has 0 unspecified atom stereocenters. The van der Waals surface area contributed by atoms with E-state index in [1.807, 2.05) is 0 Å². The molecule has 1 aliphatic rings. The molecule has 9 nitrogen and oxygen atoms in total. The zero-order valence-corrected chi connectivity index (χ0v) is 21.5. The van der Waals surface area contributed by atoms with Gasteiger partial charge in [-0.2, -0.15) is 5.26 Å². The molecule has 0 spiro atoms. The molecule has 3 rings (SSSR count). The molecule has 0 saturated carbocycles. The number of ether oxygens (including phenoxy) is 3. The molecule has 182 valence electrons. The summed E-state index contributed by atoms with van der Waals surface area (Å²) in [5.41, 5.74) is 1.18. The number of benzene rings is 2. The quantitative estimate of drug-likeness (QED) is 0.371. The number of thioether (sulfide) groups is 1. The van der Waals surface area contributed by atoms with Gasteiger partial charge >= 0.3 is 5.97 Å². The largest absolute Gasteiger partial charge is 0.496 e. The van der Waals surface area contributed by atoms with Crippen molar-refractivity contribution in [3.05, 3.63) is 63.1 Å². The molecule has 0 radical (unpaired) electrons. The number of nitriles is 1. The highest BCUT2D eigenvalue weighted by Crippen LogP contribution is 2.42. The Bertz CT molecular complexity index is 1230. The first-order valence-electron chi connectivity index (χ1n) is 10.3. The van der Waals surface area contributed by atoms with Crippen LogP contribution in [0.1, 0.15) is 11.5 Å². The third-order valence-electron chi connectivity index (χ3n) is 5.25. The second-order valence-electron chi connectivity index (χ2n) is 7.25. The number of methoxy groups -OCH3 is 3. The zero-order valence-electron chi connectivity index (χ0n) is 19.1. The van der Waals surface area contributed by atoms with E-state index in [1.165, 1.54) is 21.3 Å². The van der Waals surface area contributed by atoms with Gasteiger partial charge in [0.25, 0.3) is 0 Å². The highest BCUT2D eigenvalue weighted by molar-refractivity contribution is 9.10. The van der Waals surface area contributed by atoms with E-state index >= 15 is 0 Å². The van der Waals surface area contributed by atoms with Crippen molar-refractivity contribution in [2.75, 3.05) is 32.4 Å². The number of nitrogens with one attached hydrogen (secondary N) is 2. The van der Waals surface area contributed by atoms with E-state index in [0.29, 0.717) is 27.2 Å². The van der Waals surface area contributed by atoms with Gasteiger partial charge in [0, 0.05) is 5.92 Å². The molecule has 0 aromatic heterocycles. The second-order valence-corrected chi connectivity index (χ2v) is 9.09. The highest BCUT2D eigenvalue weighted by Gasteiger charge is 2.44. The van der Waals surface area contributed by atoms with Crippen LogP contribution in [0.2, 0.25) is 0 Å². The number of anilines is 1. The molecule has 2 atom stereocenters. The van der Waals surface area contributed by atoms with Crippen molar-refractivity contribution in [2.24, 2.45) is 5.92 Å². The first kappa shape index (κ1) is 26.1. The van der Waals surface area contributed by atoms with Crippen LogP contribution in [0.15, 0.2) is 57.5 Å². The molecule has 0 saturated heterocycles. The molecule has 2 amide bonds. The summed E-state index contributed by atoms with van der Waals surface area (Å²) in [7, 11) is 4.19. The molecule has 2 aromatic rings. The predicted molar refractivity (Wildman–Crippen MR) is 134 cm³/mol. The number of carbonyl (C=O) groups excluding carboxylic acids is 3. The number of nitrogens with zero attached hydrogens (tertiary/aromatic N) is 1. The van der Waals surface area contributed by atoms with Crippen LogP contribution in [0.4, 0.5) is 5.69 Å². The predicted octanol–water partition coefficient (Wildman–Crippen LogP) is 3.58. The Morgan fingerprint density at radius 2 is 1.86 bits per heavy atom. The van der Waals surface area contributed by atoms with Crippen LogP contribution >= 0.6 is 27.7 Å². The Hall–Kier alpha value is -3.49. The summed E-state index contributed by atoms with van der Waals surface area (Å²) in [6.07, 6.45) is 0. The Balaban J connectivity index is 1.93. The van der Waals surface area contributed by atoms with Crippen LogP contribution in [0.5, 0.6) is 11.5 Å². The van der Waals surface area contributed by atoms with Crippen LogP contribution in [0.25, 0.3) is 0 Å². The van der Waals surface area contributed by atoms with Gasteiger partial charge < -0.3 is 24.8 Å². The summed E-state index contributed by atoms with van der Waals surface area (Å²) in [5, 5.41) is 15.6. The van der Waals surface area contributed by atoms with Gasteiger partial charge in [0.1, 0.15) is 17.4 Å². The first-order valence-corrected chi connectivity index (χ1v) is 12.0. The molecule has 2 aromatic carbocycles. The number of hydrogen-bond donors (Lipinski definition) is 2. The average Bonchev–Trinajstić information content (AvgIpc) is 2.86. The number of hydrogen-bond acceptors (Lipinski definition) is 8. The van der Waals surface area contributed by atoms with Crippen molar-refractivity contribution in [2.45, 2.75) is 5.92 Å². The maximum Gasteiger partial charge on any atom is 0.319 e. The topological polar surface area (TPSA) is 127 Å². The maximum absolute atomic E-state index is 13.0. The third kappa shape index (κ3) is 5.78. The van der Waals surface area contributed by atoms with Crippen molar-refractivity contribution in [1.82, 2.24) is 5.32 Å². The summed E-state index contributed by atoms with van der Waals surface area (Å²) >= 11 is 4.39. The number of esters is 1. The fourth-order valence-electron chi connectivity index (χ4n) is 3.63. The number of rotatable bonds is 8. The normalized spacial score (nSPS) is 17.2. The third-order valence-corrected chi connectivity index (χ3v) is 6.88. The molecule has 2 N–H and O–H groups in total. The Kier molecular flexibility index (Phi) is 8.78. The Morgan fingerprint density at radius 3 is 2.49 bits per heavy atom. The SMILES string of the molecule is COC(=O)[C@@H]1C(=O)NC(SCC(=O)Nc2ccccc2OC)=C(C#N)[C@H]1c1ccc(OC)c(Br)c1. The van der Waals surface area contributed by atoms with Crippen molar-refractivity contribution in [3.8, 4) is 17.6 Å². The summed E-state index contributed by atoms with van der Waals surface area (Å²) in [4.78, 5) is 38.1.